The third-order valence-corrected chi connectivity index (χ3v) is 4.73. The van der Waals surface area contributed by atoms with Gasteiger partial charge in [-0.05, 0) is 41.1 Å². The first-order valence-electron chi connectivity index (χ1n) is 6.05. The molecule has 0 unspecified atom stereocenters. The molecule has 0 saturated heterocycles. The number of halogens is 1. The smallest absolute Gasteiger partial charge is 0.255 e. The van der Waals surface area contributed by atoms with Gasteiger partial charge in [-0.2, -0.15) is 0 Å². The Hall–Kier alpha value is -0.950. The van der Waals surface area contributed by atoms with Gasteiger partial charge in [0, 0.05) is 16.0 Å². The Balaban J connectivity index is 2.09. The van der Waals surface area contributed by atoms with E-state index in [1.54, 1.807) is 16.2 Å². The summed E-state index contributed by atoms with van der Waals surface area (Å²) in [7, 11) is 1.82. The average Bonchev–Trinajstić information content (AvgIpc) is 2.86. The second-order valence-corrected chi connectivity index (χ2v) is 6.33. The maximum atomic E-state index is 12.3. The van der Waals surface area contributed by atoms with Gasteiger partial charge in [0.2, 0.25) is 0 Å². The van der Waals surface area contributed by atoms with Crippen molar-refractivity contribution in [2.75, 3.05) is 7.05 Å². The third kappa shape index (κ3) is 3.54. The molecule has 3 nitrogen and oxygen atoms in total. The summed E-state index contributed by atoms with van der Waals surface area (Å²) < 4.78 is 0.976. The summed E-state index contributed by atoms with van der Waals surface area (Å²) in [6.45, 7) is 2.64. The van der Waals surface area contributed by atoms with E-state index in [1.807, 2.05) is 36.7 Å². The molecule has 1 aromatic carbocycles. The first kappa shape index (κ1) is 14.5. The lowest BCUT2D eigenvalue weighted by atomic mass is 10.2. The minimum atomic E-state index is 0.0380. The van der Waals surface area contributed by atoms with Crippen molar-refractivity contribution >= 4 is 39.8 Å². The maximum Gasteiger partial charge on any atom is 0.255 e. The van der Waals surface area contributed by atoms with E-state index in [1.165, 1.54) is 0 Å². The number of amides is 1. The number of carbonyl (C=O) groups excluding carboxylic acids is 1. The van der Waals surface area contributed by atoms with E-state index >= 15 is 0 Å². The highest BCUT2D eigenvalue weighted by atomic mass is 127. The summed E-state index contributed by atoms with van der Waals surface area (Å²) in [6.07, 6.45) is 0.943. The molecule has 2 aromatic rings. The molecule has 5 heteroatoms. The fraction of sp³-hybridized carbons (Fsp3) is 0.286. The lowest BCUT2D eigenvalue weighted by Crippen LogP contribution is -2.27. The van der Waals surface area contributed by atoms with Gasteiger partial charge < -0.3 is 4.90 Å². The fourth-order valence-electron chi connectivity index (χ4n) is 1.74. The van der Waals surface area contributed by atoms with Crippen molar-refractivity contribution in [1.82, 2.24) is 9.88 Å². The number of aromatic nitrogens is 1. The van der Waals surface area contributed by atoms with Gasteiger partial charge in [-0.1, -0.05) is 19.1 Å². The number of aryl methyl sites for hydroxylation is 1. The SMILES string of the molecule is CCc1nc(CN(C)C(=O)c2ccccc2I)cs1. The second-order valence-electron chi connectivity index (χ2n) is 4.23. The van der Waals surface area contributed by atoms with E-state index in [0.717, 1.165) is 26.3 Å². The summed E-state index contributed by atoms with van der Waals surface area (Å²) in [4.78, 5) is 18.5. The average molecular weight is 386 g/mol. The van der Waals surface area contributed by atoms with Crippen molar-refractivity contribution in [3.8, 4) is 0 Å². The molecule has 0 bridgehead atoms. The highest BCUT2D eigenvalue weighted by molar-refractivity contribution is 14.1. The Morgan fingerprint density at radius 3 is 2.79 bits per heavy atom. The van der Waals surface area contributed by atoms with Crippen molar-refractivity contribution in [1.29, 1.82) is 0 Å². The van der Waals surface area contributed by atoms with E-state index < -0.39 is 0 Å². The van der Waals surface area contributed by atoms with Gasteiger partial charge in [0.05, 0.1) is 22.8 Å². The predicted octanol–water partition coefficient (Wildman–Crippen LogP) is 3.58. The number of nitrogens with zero attached hydrogens (tertiary/aromatic N) is 2. The van der Waals surface area contributed by atoms with Crippen LogP contribution in [0.4, 0.5) is 0 Å². The van der Waals surface area contributed by atoms with Crippen LogP contribution in [0, 0.1) is 3.57 Å². The van der Waals surface area contributed by atoms with Crippen LogP contribution >= 0.6 is 33.9 Å². The Labute approximate surface area is 130 Å². The van der Waals surface area contributed by atoms with Gasteiger partial charge in [-0.15, -0.1) is 11.3 Å². The number of hydrogen-bond donors (Lipinski definition) is 0. The summed E-state index contributed by atoms with van der Waals surface area (Å²) in [5.41, 5.74) is 1.71. The number of benzene rings is 1. The molecule has 2 rings (SSSR count). The van der Waals surface area contributed by atoms with Gasteiger partial charge >= 0.3 is 0 Å². The zero-order chi connectivity index (χ0) is 13.8. The van der Waals surface area contributed by atoms with Gasteiger partial charge in [-0.3, -0.25) is 4.79 Å². The summed E-state index contributed by atoms with van der Waals surface area (Å²) in [6, 6.07) is 7.63. The minimum Gasteiger partial charge on any atom is -0.336 e. The quantitative estimate of drug-likeness (QED) is 0.753. The molecule has 0 atom stereocenters. The maximum absolute atomic E-state index is 12.3. The normalized spacial score (nSPS) is 10.5. The zero-order valence-electron chi connectivity index (χ0n) is 10.9. The monoisotopic (exact) mass is 386 g/mol. The van der Waals surface area contributed by atoms with Crippen molar-refractivity contribution in [3.63, 3.8) is 0 Å². The van der Waals surface area contributed by atoms with Gasteiger partial charge in [-0.25, -0.2) is 4.98 Å². The Kier molecular flexibility index (Phi) is 4.93. The molecule has 0 saturated carbocycles. The molecular formula is C14H15IN2OS. The standard InChI is InChI=1S/C14H15IN2OS/c1-3-13-16-10(9-19-13)8-17(2)14(18)11-6-4-5-7-12(11)15/h4-7,9H,3,8H2,1-2H3. The molecule has 0 aliphatic rings. The van der Waals surface area contributed by atoms with Gasteiger partial charge in [0.1, 0.15) is 0 Å². The Morgan fingerprint density at radius 1 is 1.42 bits per heavy atom. The van der Waals surface area contributed by atoms with E-state index in [0.29, 0.717) is 6.54 Å². The first-order valence-corrected chi connectivity index (χ1v) is 8.01. The van der Waals surface area contributed by atoms with E-state index in [4.69, 9.17) is 0 Å². The van der Waals surface area contributed by atoms with Crippen LogP contribution in [0.5, 0.6) is 0 Å². The number of thiazole rings is 1. The van der Waals surface area contributed by atoms with Gasteiger partial charge in [0.15, 0.2) is 0 Å². The molecule has 100 valence electrons. The minimum absolute atomic E-state index is 0.0380. The van der Waals surface area contributed by atoms with Crippen molar-refractivity contribution in [2.45, 2.75) is 19.9 Å². The first-order chi connectivity index (χ1) is 9.11. The Morgan fingerprint density at radius 2 is 2.16 bits per heavy atom. The van der Waals surface area contributed by atoms with Crippen LogP contribution in [0.3, 0.4) is 0 Å². The third-order valence-electron chi connectivity index (χ3n) is 2.75. The van der Waals surface area contributed by atoms with E-state index in [9.17, 15) is 4.79 Å². The predicted molar refractivity (Wildman–Crippen MR) is 86.4 cm³/mol. The fourth-order valence-corrected chi connectivity index (χ4v) is 3.09. The van der Waals surface area contributed by atoms with Crippen LogP contribution in [-0.4, -0.2) is 22.8 Å². The summed E-state index contributed by atoms with van der Waals surface area (Å²) in [5, 5.41) is 3.14. The molecule has 0 aliphatic heterocycles. The van der Waals surface area contributed by atoms with Crippen LogP contribution in [0.15, 0.2) is 29.6 Å². The largest absolute Gasteiger partial charge is 0.336 e. The molecular weight excluding hydrogens is 371 g/mol. The molecule has 1 aromatic heterocycles. The number of rotatable bonds is 4. The molecule has 1 heterocycles. The molecule has 0 aliphatic carbocycles. The van der Waals surface area contributed by atoms with Crippen molar-refractivity contribution < 1.29 is 4.79 Å². The molecule has 0 fully saturated rings. The Bertz CT molecular complexity index is 582. The molecule has 1 amide bonds. The molecule has 0 radical (unpaired) electrons. The van der Waals surface area contributed by atoms with Crippen LogP contribution < -0.4 is 0 Å². The van der Waals surface area contributed by atoms with Crippen LogP contribution in [0.2, 0.25) is 0 Å². The van der Waals surface area contributed by atoms with Crippen LogP contribution in [-0.2, 0) is 13.0 Å². The highest BCUT2D eigenvalue weighted by Gasteiger charge is 2.15. The number of carbonyl (C=O) groups is 1. The second kappa shape index (κ2) is 6.47. The van der Waals surface area contributed by atoms with Crippen molar-refractivity contribution in [3.05, 3.63) is 49.5 Å². The number of hydrogen-bond acceptors (Lipinski definition) is 3. The lowest BCUT2D eigenvalue weighted by Gasteiger charge is -2.16. The molecule has 19 heavy (non-hydrogen) atoms. The van der Waals surface area contributed by atoms with Crippen LogP contribution in [0.25, 0.3) is 0 Å². The van der Waals surface area contributed by atoms with Crippen molar-refractivity contribution in [2.24, 2.45) is 0 Å². The van der Waals surface area contributed by atoms with E-state index in [-0.39, 0.29) is 5.91 Å². The topological polar surface area (TPSA) is 33.2 Å². The van der Waals surface area contributed by atoms with Crippen LogP contribution in [0.1, 0.15) is 28.0 Å². The molecule has 0 spiro atoms. The molecule has 0 N–H and O–H groups in total. The lowest BCUT2D eigenvalue weighted by molar-refractivity contribution is 0.0782. The van der Waals surface area contributed by atoms with E-state index in [2.05, 4.69) is 34.5 Å². The summed E-state index contributed by atoms with van der Waals surface area (Å²) in [5.74, 6) is 0.0380. The zero-order valence-corrected chi connectivity index (χ0v) is 13.9. The highest BCUT2D eigenvalue weighted by Crippen LogP contribution is 2.16. The van der Waals surface area contributed by atoms with Gasteiger partial charge in [0.25, 0.3) is 5.91 Å². The summed E-state index contributed by atoms with van der Waals surface area (Å²) >= 11 is 3.84.